The van der Waals surface area contributed by atoms with E-state index < -0.39 is 5.97 Å². The molecule has 0 spiro atoms. The number of ether oxygens (including phenoxy) is 1. The molecule has 0 aliphatic carbocycles. The maximum atomic E-state index is 11.8. The number of carbonyl (C=O) groups is 1. The Labute approximate surface area is 127 Å². The van der Waals surface area contributed by atoms with E-state index in [0.717, 1.165) is 25.3 Å². The molecule has 1 aromatic rings. The number of methoxy groups -OCH3 is 1. The molecule has 0 fully saturated rings. The average Bonchev–Trinajstić information content (AvgIpc) is 2.42. The molecule has 1 aromatic carbocycles. The minimum absolute atomic E-state index is 0.397. The van der Waals surface area contributed by atoms with Gasteiger partial charge in [-0.25, -0.2) is 4.79 Å². The number of nitrogens with two attached hydrogens (primary N) is 1. The molecule has 118 valence electrons. The molecule has 2 N–H and O–H groups in total. The van der Waals surface area contributed by atoms with Crippen LogP contribution in [0.2, 0.25) is 0 Å². The maximum Gasteiger partial charge on any atom is 0.340 e. The Morgan fingerprint density at radius 1 is 1.29 bits per heavy atom. The molecule has 0 saturated heterocycles. The quantitative estimate of drug-likeness (QED) is 0.616. The van der Waals surface area contributed by atoms with E-state index in [0.29, 0.717) is 17.2 Å². The third-order valence-corrected chi connectivity index (χ3v) is 3.23. The number of carbonyl (C=O) groups excluding carboxylic acids is 1. The summed E-state index contributed by atoms with van der Waals surface area (Å²) in [6.45, 7) is 7.02. The second kappa shape index (κ2) is 7.88. The monoisotopic (exact) mass is 293 g/mol. The summed E-state index contributed by atoms with van der Waals surface area (Å²) in [6, 6.07) is 5.50. The highest BCUT2D eigenvalue weighted by Crippen LogP contribution is 2.27. The molecule has 0 unspecified atom stereocenters. The largest absolute Gasteiger partial charge is 0.465 e. The van der Waals surface area contributed by atoms with Gasteiger partial charge < -0.3 is 20.3 Å². The topological polar surface area (TPSA) is 58.8 Å². The lowest BCUT2D eigenvalue weighted by molar-refractivity contribution is 0.0602. The van der Waals surface area contributed by atoms with Crippen LogP contribution in [0.3, 0.4) is 0 Å². The van der Waals surface area contributed by atoms with Crippen LogP contribution in [0.15, 0.2) is 18.2 Å². The van der Waals surface area contributed by atoms with E-state index >= 15 is 0 Å². The van der Waals surface area contributed by atoms with Crippen LogP contribution in [0.1, 0.15) is 24.2 Å². The lowest BCUT2D eigenvalue weighted by Crippen LogP contribution is -2.35. The molecule has 0 aliphatic heterocycles. The van der Waals surface area contributed by atoms with Crippen LogP contribution in [-0.2, 0) is 4.74 Å². The van der Waals surface area contributed by atoms with Crippen molar-refractivity contribution in [2.45, 2.75) is 13.8 Å². The molecule has 0 radical (unpaired) electrons. The standard InChI is InChI=1S/C16H27N3O2/c1-12(2)11-19(10-9-18(3)4)14-8-6-7-13(15(14)17)16(20)21-5/h6-8,12H,9-11,17H2,1-5H3. The summed E-state index contributed by atoms with van der Waals surface area (Å²) in [7, 11) is 5.45. The third kappa shape index (κ3) is 4.93. The number of para-hydroxylation sites is 1. The summed E-state index contributed by atoms with van der Waals surface area (Å²) in [6.07, 6.45) is 0. The third-order valence-electron chi connectivity index (χ3n) is 3.23. The van der Waals surface area contributed by atoms with Gasteiger partial charge in [-0.2, -0.15) is 0 Å². The van der Waals surface area contributed by atoms with Crippen molar-refractivity contribution >= 4 is 17.3 Å². The van der Waals surface area contributed by atoms with Gasteiger partial charge in [-0.15, -0.1) is 0 Å². The molecule has 0 aromatic heterocycles. The van der Waals surface area contributed by atoms with Crippen molar-refractivity contribution in [2.75, 3.05) is 51.5 Å². The maximum absolute atomic E-state index is 11.8. The van der Waals surface area contributed by atoms with Crippen molar-refractivity contribution in [1.29, 1.82) is 0 Å². The molecule has 21 heavy (non-hydrogen) atoms. The zero-order chi connectivity index (χ0) is 16.0. The fraction of sp³-hybridized carbons (Fsp3) is 0.562. The first-order chi connectivity index (χ1) is 9.86. The first-order valence-corrected chi connectivity index (χ1v) is 7.23. The predicted molar refractivity (Wildman–Crippen MR) is 87.8 cm³/mol. The summed E-state index contributed by atoms with van der Waals surface area (Å²) in [5.41, 5.74) is 8.00. The van der Waals surface area contributed by atoms with E-state index in [-0.39, 0.29) is 0 Å². The number of likely N-dealkylation sites (N-methyl/N-ethyl adjacent to an activating group) is 1. The van der Waals surface area contributed by atoms with Crippen LogP contribution in [-0.4, -0.2) is 51.7 Å². The minimum atomic E-state index is -0.397. The van der Waals surface area contributed by atoms with Gasteiger partial charge in [0, 0.05) is 19.6 Å². The first kappa shape index (κ1) is 17.3. The first-order valence-electron chi connectivity index (χ1n) is 7.23. The molecule has 5 heteroatoms. The number of anilines is 2. The van der Waals surface area contributed by atoms with Gasteiger partial charge in [-0.05, 0) is 32.1 Å². The number of nitrogen functional groups attached to an aromatic ring is 1. The Balaban J connectivity index is 3.08. The predicted octanol–water partition coefficient (Wildman–Crippen LogP) is 2.08. The van der Waals surface area contributed by atoms with E-state index in [4.69, 9.17) is 10.5 Å². The molecule has 0 saturated carbocycles. The Morgan fingerprint density at radius 3 is 2.48 bits per heavy atom. The minimum Gasteiger partial charge on any atom is -0.465 e. The van der Waals surface area contributed by atoms with Crippen LogP contribution in [0.25, 0.3) is 0 Å². The van der Waals surface area contributed by atoms with E-state index in [1.165, 1.54) is 7.11 Å². The van der Waals surface area contributed by atoms with Gasteiger partial charge >= 0.3 is 5.97 Å². The van der Waals surface area contributed by atoms with Crippen LogP contribution < -0.4 is 10.6 Å². The summed E-state index contributed by atoms with van der Waals surface area (Å²) in [5.74, 6) is 0.111. The number of esters is 1. The second-order valence-electron chi connectivity index (χ2n) is 5.87. The van der Waals surface area contributed by atoms with Crippen molar-refractivity contribution in [1.82, 2.24) is 4.90 Å². The van der Waals surface area contributed by atoms with Crippen molar-refractivity contribution in [3.05, 3.63) is 23.8 Å². The molecule has 0 aliphatic rings. The van der Waals surface area contributed by atoms with Crippen LogP contribution in [0.4, 0.5) is 11.4 Å². The van der Waals surface area contributed by atoms with Crippen molar-refractivity contribution in [3.63, 3.8) is 0 Å². The van der Waals surface area contributed by atoms with E-state index in [9.17, 15) is 4.79 Å². The zero-order valence-electron chi connectivity index (χ0n) is 13.7. The Kier molecular flexibility index (Phi) is 6.49. The van der Waals surface area contributed by atoms with Gasteiger partial charge in [-0.3, -0.25) is 0 Å². The summed E-state index contributed by atoms with van der Waals surface area (Å²) >= 11 is 0. The SMILES string of the molecule is COC(=O)c1cccc(N(CCN(C)C)CC(C)C)c1N. The highest BCUT2D eigenvalue weighted by Gasteiger charge is 2.17. The van der Waals surface area contributed by atoms with Gasteiger partial charge in [0.25, 0.3) is 0 Å². The fourth-order valence-electron chi connectivity index (χ4n) is 2.19. The Hall–Kier alpha value is -1.75. The second-order valence-corrected chi connectivity index (χ2v) is 5.87. The molecule has 0 bridgehead atoms. The summed E-state index contributed by atoms with van der Waals surface area (Å²) in [5, 5.41) is 0. The Bertz CT molecular complexity index is 473. The van der Waals surface area contributed by atoms with Gasteiger partial charge in [0.2, 0.25) is 0 Å². The smallest absolute Gasteiger partial charge is 0.340 e. The molecule has 0 heterocycles. The van der Waals surface area contributed by atoms with Crippen LogP contribution in [0.5, 0.6) is 0 Å². The zero-order valence-corrected chi connectivity index (χ0v) is 13.7. The van der Waals surface area contributed by atoms with Crippen molar-refractivity contribution in [3.8, 4) is 0 Å². The Morgan fingerprint density at radius 2 is 1.95 bits per heavy atom. The lowest BCUT2D eigenvalue weighted by atomic mass is 10.1. The average molecular weight is 293 g/mol. The summed E-state index contributed by atoms with van der Waals surface area (Å²) in [4.78, 5) is 16.1. The summed E-state index contributed by atoms with van der Waals surface area (Å²) < 4.78 is 4.79. The van der Waals surface area contributed by atoms with Gasteiger partial charge in [0.05, 0.1) is 24.0 Å². The number of hydrogen-bond acceptors (Lipinski definition) is 5. The molecule has 5 nitrogen and oxygen atoms in total. The number of benzene rings is 1. The van der Waals surface area contributed by atoms with E-state index in [2.05, 4.69) is 23.6 Å². The fourth-order valence-corrected chi connectivity index (χ4v) is 2.19. The lowest BCUT2D eigenvalue weighted by Gasteiger charge is -2.29. The van der Waals surface area contributed by atoms with Crippen LogP contribution >= 0.6 is 0 Å². The van der Waals surface area contributed by atoms with Gasteiger partial charge in [0.15, 0.2) is 0 Å². The molecular weight excluding hydrogens is 266 g/mol. The highest BCUT2D eigenvalue weighted by molar-refractivity contribution is 5.98. The molecule has 0 amide bonds. The number of nitrogens with zero attached hydrogens (tertiary/aromatic N) is 2. The molecule has 0 atom stereocenters. The molecule has 1 rings (SSSR count). The van der Waals surface area contributed by atoms with Crippen molar-refractivity contribution in [2.24, 2.45) is 5.92 Å². The normalized spacial score (nSPS) is 11.0. The van der Waals surface area contributed by atoms with Gasteiger partial charge in [0.1, 0.15) is 0 Å². The van der Waals surface area contributed by atoms with E-state index in [1.807, 2.05) is 26.2 Å². The number of hydrogen-bond donors (Lipinski definition) is 1. The number of rotatable bonds is 7. The van der Waals surface area contributed by atoms with Crippen molar-refractivity contribution < 1.29 is 9.53 Å². The van der Waals surface area contributed by atoms with Crippen LogP contribution in [0, 0.1) is 5.92 Å². The van der Waals surface area contributed by atoms with E-state index in [1.54, 1.807) is 6.07 Å². The molecular formula is C16H27N3O2. The highest BCUT2D eigenvalue weighted by atomic mass is 16.5. The van der Waals surface area contributed by atoms with Gasteiger partial charge in [-0.1, -0.05) is 19.9 Å².